The highest BCUT2D eigenvalue weighted by Gasteiger charge is 2.30. The Bertz CT molecular complexity index is 1480. The van der Waals surface area contributed by atoms with Crippen molar-refractivity contribution in [3.63, 3.8) is 0 Å². The van der Waals surface area contributed by atoms with E-state index in [1.54, 1.807) is 24.3 Å². The molecular formula is C31H38Cl2N8O3. The van der Waals surface area contributed by atoms with E-state index in [2.05, 4.69) is 56.0 Å². The van der Waals surface area contributed by atoms with Crippen LogP contribution < -0.4 is 25.3 Å². The van der Waals surface area contributed by atoms with E-state index >= 15 is 0 Å². The Kier molecular flexibility index (Phi) is 10.4. The third-order valence-electron chi connectivity index (χ3n) is 7.71. The average Bonchev–Trinajstić information content (AvgIpc) is 3.52. The quantitative estimate of drug-likeness (QED) is 0.271. The van der Waals surface area contributed by atoms with Gasteiger partial charge in [-0.05, 0) is 43.9 Å². The van der Waals surface area contributed by atoms with Crippen molar-refractivity contribution in [3.05, 3.63) is 71.0 Å². The van der Waals surface area contributed by atoms with Crippen LogP contribution in [0.3, 0.4) is 0 Å². The number of aromatic nitrogens is 2. The van der Waals surface area contributed by atoms with Gasteiger partial charge in [0, 0.05) is 57.8 Å². The van der Waals surface area contributed by atoms with Crippen LogP contribution >= 0.6 is 23.2 Å². The minimum Gasteiger partial charge on any atom is -0.494 e. The zero-order valence-electron chi connectivity index (χ0n) is 25.2. The first-order valence-electron chi connectivity index (χ1n) is 14.5. The van der Waals surface area contributed by atoms with Crippen molar-refractivity contribution in [1.82, 2.24) is 19.8 Å². The van der Waals surface area contributed by atoms with Gasteiger partial charge in [0.15, 0.2) is 5.82 Å². The van der Waals surface area contributed by atoms with Crippen LogP contribution in [0.1, 0.15) is 18.0 Å². The minimum atomic E-state index is -0.296. The molecule has 2 N–H and O–H groups in total. The van der Waals surface area contributed by atoms with E-state index in [1.807, 2.05) is 24.3 Å². The van der Waals surface area contributed by atoms with Crippen molar-refractivity contribution < 1.29 is 14.4 Å². The third kappa shape index (κ3) is 7.54. The second-order valence-electron chi connectivity index (χ2n) is 10.9. The number of halogens is 2. The topological polar surface area (TPSA) is 98.3 Å². The molecule has 0 unspecified atom stereocenters. The first kappa shape index (κ1) is 31.8. The second-order valence-corrected chi connectivity index (χ2v) is 11.7. The van der Waals surface area contributed by atoms with E-state index in [0.717, 1.165) is 56.9 Å². The van der Waals surface area contributed by atoms with E-state index < -0.39 is 0 Å². The van der Waals surface area contributed by atoms with Gasteiger partial charge in [-0.3, -0.25) is 14.5 Å². The predicted molar refractivity (Wildman–Crippen MR) is 177 cm³/mol. The lowest BCUT2D eigenvalue weighted by Gasteiger charge is -2.37. The lowest BCUT2D eigenvalue weighted by molar-refractivity contribution is -0.111. The van der Waals surface area contributed by atoms with Crippen molar-refractivity contribution in [2.24, 2.45) is 0 Å². The number of anilines is 5. The number of ether oxygens (including phenoxy) is 1. The van der Waals surface area contributed by atoms with E-state index in [0.29, 0.717) is 45.4 Å². The molecule has 0 bridgehead atoms. The zero-order valence-corrected chi connectivity index (χ0v) is 26.7. The summed E-state index contributed by atoms with van der Waals surface area (Å²) in [6, 6.07) is 11.1. The van der Waals surface area contributed by atoms with Crippen LogP contribution in [0.5, 0.6) is 5.75 Å². The molecule has 11 nitrogen and oxygen atoms in total. The summed E-state index contributed by atoms with van der Waals surface area (Å²) in [5.74, 6) is 1.42. The van der Waals surface area contributed by atoms with Gasteiger partial charge in [-0.1, -0.05) is 35.8 Å². The SMILES string of the molecule is C=CC(=O)Nc1cc(Nc2cc(N3OCC[C@@H]3c3ccc(Cl)c(Cl)c3)ncn2)c(OC)cc1N1CCN(CCN(C)C)CC1. The summed E-state index contributed by atoms with van der Waals surface area (Å²) in [6.07, 6.45) is 3.50. The Hall–Kier alpha value is -3.61. The number of methoxy groups -OCH3 is 1. The molecule has 1 amide bonds. The fraction of sp³-hybridized carbons (Fsp3) is 0.387. The van der Waals surface area contributed by atoms with Gasteiger partial charge >= 0.3 is 0 Å². The molecule has 234 valence electrons. The van der Waals surface area contributed by atoms with Crippen molar-refractivity contribution in [2.45, 2.75) is 12.5 Å². The maximum Gasteiger partial charge on any atom is 0.247 e. The number of nitrogens with zero attached hydrogens (tertiary/aromatic N) is 6. The van der Waals surface area contributed by atoms with Crippen molar-refractivity contribution >= 4 is 57.8 Å². The summed E-state index contributed by atoms with van der Waals surface area (Å²) in [5.41, 5.74) is 3.14. The van der Waals surface area contributed by atoms with Crippen LogP contribution in [0.25, 0.3) is 0 Å². The first-order chi connectivity index (χ1) is 21.2. The number of hydroxylamine groups is 1. The van der Waals surface area contributed by atoms with E-state index in [-0.39, 0.29) is 11.9 Å². The van der Waals surface area contributed by atoms with E-state index in [1.165, 1.54) is 12.4 Å². The molecule has 5 rings (SSSR count). The van der Waals surface area contributed by atoms with Crippen molar-refractivity contribution in [2.75, 3.05) is 87.7 Å². The Morgan fingerprint density at radius 1 is 1.11 bits per heavy atom. The number of hydrogen-bond acceptors (Lipinski definition) is 10. The lowest BCUT2D eigenvalue weighted by Crippen LogP contribution is -2.48. The van der Waals surface area contributed by atoms with Crippen molar-refractivity contribution in [3.8, 4) is 5.75 Å². The Morgan fingerprint density at radius 3 is 2.61 bits per heavy atom. The monoisotopic (exact) mass is 640 g/mol. The molecule has 3 aromatic rings. The Balaban J connectivity index is 1.38. The van der Waals surface area contributed by atoms with E-state index in [9.17, 15) is 4.79 Å². The fourth-order valence-electron chi connectivity index (χ4n) is 5.33. The standard InChI is InChI=1S/C31H38Cl2N8O3/c1-5-31(42)37-24-17-25(28(43-4)18-27(24)40-13-11-39(12-14-40)10-9-38(2)3)36-29-19-30(35-20-34-29)41-26(8-15-44-41)21-6-7-22(32)23(33)16-21/h5-7,16-20,26H,1,8-15H2,2-4H3,(H,37,42)(H,34,35,36)/t26-/m1/s1. The number of hydrogen-bond donors (Lipinski definition) is 2. The number of carbonyl (C=O) groups excluding carboxylic acids is 1. The number of benzene rings is 2. The first-order valence-corrected chi connectivity index (χ1v) is 15.2. The van der Waals surface area contributed by atoms with Gasteiger partial charge in [-0.25, -0.2) is 15.0 Å². The van der Waals surface area contributed by atoms with Gasteiger partial charge < -0.3 is 25.2 Å². The molecule has 13 heteroatoms. The highest BCUT2D eigenvalue weighted by Crippen LogP contribution is 2.40. The third-order valence-corrected chi connectivity index (χ3v) is 8.45. The van der Waals surface area contributed by atoms with Crippen molar-refractivity contribution in [1.29, 1.82) is 0 Å². The number of rotatable bonds is 11. The van der Waals surface area contributed by atoms with Crippen LogP contribution in [-0.2, 0) is 9.63 Å². The summed E-state index contributed by atoms with van der Waals surface area (Å²) >= 11 is 12.4. The average molecular weight is 642 g/mol. The zero-order chi connectivity index (χ0) is 31.2. The second kappa shape index (κ2) is 14.4. The molecule has 0 saturated carbocycles. The van der Waals surface area contributed by atoms with Gasteiger partial charge in [0.1, 0.15) is 17.9 Å². The van der Waals surface area contributed by atoms with Gasteiger partial charge in [0.25, 0.3) is 0 Å². The lowest BCUT2D eigenvalue weighted by atomic mass is 10.0. The van der Waals surface area contributed by atoms with E-state index in [4.69, 9.17) is 32.8 Å². The van der Waals surface area contributed by atoms with Gasteiger partial charge in [-0.15, -0.1) is 0 Å². The Morgan fingerprint density at radius 2 is 1.91 bits per heavy atom. The molecule has 2 aromatic carbocycles. The number of carbonyl (C=O) groups is 1. The predicted octanol–water partition coefficient (Wildman–Crippen LogP) is 5.23. The summed E-state index contributed by atoms with van der Waals surface area (Å²) < 4.78 is 5.81. The molecular weight excluding hydrogens is 603 g/mol. The molecule has 44 heavy (non-hydrogen) atoms. The molecule has 2 fully saturated rings. The number of likely N-dealkylation sites (N-methyl/N-ethyl adjacent to an activating group) is 1. The maximum atomic E-state index is 12.5. The van der Waals surface area contributed by atoms with Gasteiger partial charge in [0.2, 0.25) is 5.91 Å². The molecule has 0 radical (unpaired) electrons. The fourth-order valence-corrected chi connectivity index (χ4v) is 5.63. The number of nitrogens with one attached hydrogen (secondary N) is 2. The smallest absolute Gasteiger partial charge is 0.247 e. The molecule has 3 heterocycles. The Labute approximate surface area is 268 Å². The number of piperazine rings is 1. The molecule has 2 saturated heterocycles. The van der Waals surface area contributed by atoms with Crippen LogP contribution in [0.2, 0.25) is 10.0 Å². The van der Waals surface area contributed by atoms with Crippen LogP contribution in [0.4, 0.5) is 28.7 Å². The molecule has 0 aliphatic carbocycles. The number of amides is 1. The largest absolute Gasteiger partial charge is 0.494 e. The molecule has 2 aliphatic heterocycles. The molecule has 1 aromatic heterocycles. The van der Waals surface area contributed by atoms with Gasteiger partial charge in [0.05, 0.1) is 46.9 Å². The summed E-state index contributed by atoms with van der Waals surface area (Å²) in [4.78, 5) is 34.2. The molecule has 0 spiro atoms. The highest BCUT2D eigenvalue weighted by atomic mass is 35.5. The maximum absolute atomic E-state index is 12.5. The minimum absolute atomic E-state index is 0.0922. The normalized spacial score (nSPS) is 17.2. The summed E-state index contributed by atoms with van der Waals surface area (Å²) in [6.45, 7) is 9.69. The highest BCUT2D eigenvalue weighted by molar-refractivity contribution is 6.42. The molecule has 1 atom stereocenters. The van der Waals surface area contributed by atoms with Crippen LogP contribution in [0, 0.1) is 0 Å². The van der Waals surface area contributed by atoms with Crippen LogP contribution in [-0.4, -0.2) is 92.8 Å². The summed E-state index contributed by atoms with van der Waals surface area (Å²) in [5, 5.41) is 9.08. The molecule has 2 aliphatic rings. The van der Waals surface area contributed by atoms with Crippen LogP contribution in [0.15, 0.2) is 55.4 Å². The summed E-state index contributed by atoms with van der Waals surface area (Å²) in [7, 11) is 5.80. The van der Waals surface area contributed by atoms with Gasteiger partial charge in [-0.2, -0.15) is 0 Å².